The minimum absolute atomic E-state index is 0.0693. The van der Waals surface area contributed by atoms with Gasteiger partial charge >= 0.3 is 6.09 Å². The van der Waals surface area contributed by atoms with Crippen LogP contribution in [0.5, 0.6) is 5.75 Å². The SMILES string of the molecule is CC(C)(C)OC(=O)Nc1ccc2[nH]c(C(=O)Nc3ccc(C(=O)N4C[C@@H](CCl)c5c4cc(O)c4ccccc54)cc3)cc2c1. The summed E-state index contributed by atoms with van der Waals surface area (Å²) in [6.07, 6.45) is -0.563. The van der Waals surface area contributed by atoms with Gasteiger partial charge in [0, 0.05) is 57.6 Å². The Bertz CT molecular complexity index is 1930. The number of anilines is 3. The van der Waals surface area contributed by atoms with Crippen molar-refractivity contribution in [3.05, 3.63) is 95.7 Å². The van der Waals surface area contributed by atoms with Crippen molar-refractivity contribution in [1.82, 2.24) is 4.98 Å². The number of fused-ring (bicyclic) bond motifs is 4. The Balaban J connectivity index is 1.16. The largest absolute Gasteiger partial charge is 0.507 e. The molecule has 9 nitrogen and oxygen atoms in total. The molecule has 3 amide bonds. The highest BCUT2D eigenvalue weighted by atomic mass is 35.5. The third-order valence-corrected chi connectivity index (χ3v) is 7.85. The van der Waals surface area contributed by atoms with E-state index in [2.05, 4.69) is 15.6 Å². The number of rotatable bonds is 5. The third kappa shape index (κ3) is 5.66. The van der Waals surface area contributed by atoms with Crippen LogP contribution in [0, 0.1) is 0 Å². The van der Waals surface area contributed by atoms with E-state index in [-0.39, 0.29) is 23.5 Å². The number of amides is 3. The molecule has 1 atom stereocenters. The molecule has 44 heavy (non-hydrogen) atoms. The second kappa shape index (κ2) is 11.2. The summed E-state index contributed by atoms with van der Waals surface area (Å²) in [4.78, 5) is 43.5. The van der Waals surface area contributed by atoms with Crippen molar-refractivity contribution in [2.75, 3.05) is 28.0 Å². The van der Waals surface area contributed by atoms with Gasteiger partial charge in [0.15, 0.2) is 0 Å². The molecule has 0 bridgehead atoms. The molecule has 5 aromatic rings. The van der Waals surface area contributed by atoms with E-state index in [1.165, 1.54) is 0 Å². The lowest BCUT2D eigenvalue weighted by Gasteiger charge is -2.19. The molecule has 0 saturated carbocycles. The van der Waals surface area contributed by atoms with Gasteiger partial charge in [-0.25, -0.2) is 4.79 Å². The van der Waals surface area contributed by atoms with E-state index in [4.69, 9.17) is 16.3 Å². The smallest absolute Gasteiger partial charge is 0.412 e. The van der Waals surface area contributed by atoms with E-state index < -0.39 is 11.7 Å². The van der Waals surface area contributed by atoms with Crippen LogP contribution < -0.4 is 15.5 Å². The zero-order valence-electron chi connectivity index (χ0n) is 24.4. The zero-order valence-corrected chi connectivity index (χ0v) is 25.2. The zero-order chi connectivity index (χ0) is 31.2. The Labute approximate surface area is 258 Å². The van der Waals surface area contributed by atoms with Crippen LogP contribution in [0.25, 0.3) is 21.7 Å². The lowest BCUT2D eigenvalue weighted by Crippen LogP contribution is -2.30. The Kier molecular flexibility index (Phi) is 7.43. The maximum absolute atomic E-state index is 13.6. The molecule has 0 spiro atoms. The number of H-pyrrole nitrogens is 1. The van der Waals surface area contributed by atoms with Crippen LogP contribution >= 0.6 is 11.6 Å². The van der Waals surface area contributed by atoms with Gasteiger partial charge in [0.25, 0.3) is 11.8 Å². The molecule has 4 aromatic carbocycles. The first-order valence-corrected chi connectivity index (χ1v) is 14.7. The molecule has 0 radical (unpaired) electrons. The Hall–Kier alpha value is -5.02. The number of aromatic hydroxyl groups is 1. The molecule has 1 aliphatic heterocycles. The monoisotopic (exact) mass is 610 g/mol. The van der Waals surface area contributed by atoms with Gasteiger partial charge < -0.3 is 25.0 Å². The number of halogens is 1. The molecule has 224 valence electrons. The quantitative estimate of drug-likeness (QED) is 0.153. The first-order valence-electron chi connectivity index (χ1n) is 14.2. The lowest BCUT2D eigenvalue weighted by atomic mass is 9.95. The van der Waals surface area contributed by atoms with Crippen LogP contribution in [-0.4, -0.2) is 46.0 Å². The number of carbonyl (C=O) groups excluding carboxylic acids is 3. The molecular weight excluding hydrogens is 580 g/mol. The summed E-state index contributed by atoms with van der Waals surface area (Å²) < 4.78 is 5.30. The highest BCUT2D eigenvalue weighted by Gasteiger charge is 2.34. The van der Waals surface area contributed by atoms with Crippen molar-refractivity contribution in [3.8, 4) is 5.75 Å². The number of nitrogens with zero attached hydrogens (tertiary/aromatic N) is 1. The second-order valence-corrected chi connectivity index (χ2v) is 12.1. The number of carbonyl (C=O) groups is 3. The topological polar surface area (TPSA) is 124 Å². The van der Waals surface area contributed by atoms with Crippen molar-refractivity contribution in [1.29, 1.82) is 0 Å². The molecular formula is C34H31ClN4O5. The van der Waals surface area contributed by atoms with E-state index in [0.29, 0.717) is 40.7 Å². The van der Waals surface area contributed by atoms with Gasteiger partial charge in [-0.3, -0.25) is 14.9 Å². The fourth-order valence-corrected chi connectivity index (χ4v) is 5.80. The summed E-state index contributed by atoms with van der Waals surface area (Å²) in [6.45, 7) is 5.76. The third-order valence-electron chi connectivity index (χ3n) is 7.48. The number of phenols is 1. The van der Waals surface area contributed by atoms with Crippen molar-refractivity contribution in [3.63, 3.8) is 0 Å². The maximum atomic E-state index is 13.6. The number of hydrogen-bond donors (Lipinski definition) is 4. The second-order valence-electron chi connectivity index (χ2n) is 11.8. The Morgan fingerprint density at radius 1 is 0.955 bits per heavy atom. The number of benzene rings is 4. The lowest BCUT2D eigenvalue weighted by molar-refractivity contribution is 0.0635. The van der Waals surface area contributed by atoms with Crippen molar-refractivity contribution in [2.24, 2.45) is 0 Å². The van der Waals surface area contributed by atoms with Gasteiger partial charge in [-0.05, 0) is 80.3 Å². The summed E-state index contributed by atoms with van der Waals surface area (Å²) in [5.74, 6) is -0.204. The summed E-state index contributed by atoms with van der Waals surface area (Å²) >= 11 is 6.32. The highest BCUT2D eigenvalue weighted by molar-refractivity contribution is 6.19. The number of aromatic amines is 1. The molecule has 1 aromatic heterocycles. The van der Waals surface area contributed by atoms with Crippen LogP contribution in [0.4, 0.5) is 21.9 Å². The first-order chi connectivity index (χ1) is 21.0. The molecule has 0 saturated heterocycles. The summed E-state index contributed by atoms with van der Waals surface area (Å²) in [5.41, 5.74) is 3.54. The minimum Gasteiger partial charge on any atom is -0.507 e. The number of phenolic OH excluding ortho intramolecular Hbond substituents is 1. The molecule has 10 heteroatoms. The van der Waals surface area contributed by atoms with Gasteiger partial charge in [-0.15, -0.1) is 11.6 Å². The van der Waals surface area contributed by atoms with Gasteiger partial charge in [0.1, 0.15) is 17.0 Å². The van der Waals surface area contributed by atoms with Gasteiger partial charge in [0.2, 0.25) is 0 Å². The number of aromatic nitrogens is 1. The predicted octanol–water partition coefficient (Wildman–Crippen LogP) is 7.61. The van der Waals surface area contributed by atoms with Crippen LogP contribution in [0.2, 0.25) is 0 Å². The molecule has 0 fully saturated rings. The fraction of sp³-hybridized carbons (Fsp3) is 0.206. The van der Waals surface area contributed by atoms with Crippen molar-refractivity contribution < 1.29 is 24.2 Å². The number of nitrogens with one attached hydrogen (secondary N) is 3. The first kappa shape index (κ1) is 29.1. The van der Waals surface area contributed by atoms with Crippen LogP contribution in [0.3, 0.4) is 0 Å². The summed E-state index contributed by atoms with van der Waals surface area (Å²) in [7, 11) is 0. The number of ether oxygens (including phenoxy) is 1. The number of alkyl halides is 1. The molecule has 1 aliphatic rings. The molecule has 0 unspecified atom stereocenters. The maximum Gasteiger partial charge on any atom is 0.412 e. The molecule has 6 rings (SSSR count). The van der Waals surface area contributed by atoms with Crippen LogP contribution in [0.1, 0.15) is 53.1 Å². The van der Waals surface area contributed by atoms with Gasteiger partial charge in [-0.1, -0.05) is 24.3 Å². The van der Waals surface area contributed by atoms with E-state index in [0.717, 1.165) is 27.2 Å². The minimum atomic E-state index is -0.620. The average molecular weight is 611 g/mol. The molecule has 4 N–H and O–H groups in total. The van der Waals surface area contributed by atoms with Crippen LogP contribution in [0.15, 0.2) is 78.9 Å². The summed E-state index contributed by atoms with van der Waals surface area (Å²) in [6, 6.07) is 22.8. The molecule has 0 aliphatic carbocycles. The predicted molar refractivity (Wildman–Crippen MR) is 173 cm³/mol. The van der Waals surface area contributed by atoms with E-state index >= 15 is 0 Å². The summed E-state index contributed by atoms with van der Waals surface area (Å²) in [5, 5.41) is 18.6. The number of hydrogen-bond acceptors (Lipinski definition) is 5. The Morgan fingerprint density at radius 2 is 1.66 bits per heavy atom. The van der Waals surface area contributed by atoms with Crippen molar-refractivity contribution >= 4 is 68.2 Å². The standard InChI is InChI=1S/C34H31ClN4O5/c1-34(2,3)44-33(43)37-23-12-13-26-20(14-23)15-27(38-26)31(41)36-22-10-8-19(9-11-22)32(42)39-18-21(17-35)30-25-7-5-4-6-24(25)29(40)16-28(30)39/h4-16,21,38,40H,17-18H2,1-3H3,(H,36,41)(H,37,43)/t21-/m1/s1. The normalized spacial score (nSPS) is 14.5. The van der Waals surface area contributed by atoms with Gasteiger partial charge in [-0.2, -0.15) is 0 Å². The van der Waals surface area contributed by atoms with E-state index in [1.807, 2.05) is 24.3 Å². The highest BCUT2D eigenvalue weighted by Crippen LogP contribution is 2.45. The average Bonchev–Trinajstić information content (AvgIpc) is 3.58. The van der Waals surface area contributed by atoms with Crippen LogP contribution in [-0.2, 0) is 4.74 Å². The van der Waals surface area contributed by atoms with E-state index in [9.17, 15) is 19.5 Å². The molecule has 2 heterocycles. The van der Waals surface area contributed by atoms with Gasteiger partial charge in [0.05, 0.1) is 5.69 Å². The Morgan fingerprint density at radius 3 is 2.36 bits per heavy atom. The van der Waals surface area contributed by atoms with E-state index in [1.54, 1.807) is 80.3 Å². The fourth-order valence-electron chi connectivity index (χ4n) is 5.55. The van der Waals surface area contributed by atoms with Crippen molar-refractivity contribution in [2.45, 2.75) is 32.3 Å².